The van der Waals surface area contributed by atoms with Gasteiger partial charge in [-0.2, -0.15) is 0 Å². The molecule has 21 heavy (non-hydrogen) atoms. The van der Waals surface area contributed by atoms with Gasteiger partial charge < -0.3 is 14.8 Å². The van der Waals surface area contributed by atoms with Gasteiger partial charge in [0.2, 0.25) is 0 Å². The van der Waals surface area contributed by atoms with Gasteiger partial charge in [-0.05, 0) is 31.4 Å². The van der Waals surface area contributed by atoms with E-state index in [1.165, 1.54) is 11.1 Å². The average Bonchev–Trinajstić information content (AvgIpc) is 3.03. The summed E-state index contributed by atoms with van der Waals surface area (Å²) in [5, 5.41) is 3.60. The molecule has 1 fully saturated rings. The monoisotopic (exact) mass is 289 g/mol. The molecule has 1 aromatic rings. The maximum absolute atomic E-state index is 6.17. The van der Waals surface area contributed by atoms with Crippen LogP contribution in [-0.4, -0.2) is 31.9 Å². The van der Waals surface area contributed by atoms with Crippen molar-refractivity contribution < 1.29 is 9.47 Å². The summed E-state index contributed by atoms with van der Waals surface area (Å²) >= 11 is 0. The zero-order valence-electron chi connectivity index (χ0n) is 13.4. The molecule has 3 heteroatoms. The third-order valence-electron chi connectivity index (χ3n) is 4.69. The summed E-state index contributed by atoms with van der Waals surface area (Å²) in [4.78, 5) is 0. The summed E-state index contributed by atoms with van der Waals surface area (Å²) in [5.74, 6) is 1.08. The number of benzene rings is 1. The highest BCUT2D eigenvalue weighted by Crippen LogP contribution is 2.39. The van der Waals surface area contributed by atoms with E-state index in [0.29, 0.717) is 12.1 Å². The molecule has 1 saturated heterocycles. The van der Waals surface area contributed by atoms with Gasteiger partial charge in [0.1, 0.15) is 11.9 Å². The van der Waals surface area contributed by atoms with Gasteiger partial charge >= 0.3 is 0 Å². The molecule has 0 aromatic heterocycles. The van der Waals surface area contributed by atoms with Crippen molar-refractivity contribution in [3.8, 4) is 5.75 Å². The Morgan fingerprint density at radius 1 is 1.38 bits per heavy atom. The molecule has 0 aliphatic carbocycles. The van der Waals surface area contributed by atoms with Gasteiger partial charge in [0.15, 0.2) is 0 Å². The second-order valence-corrected chi connectivity index (χ2v) is 7.10. The quantitative estimate of drug-likeness (QED) is 0.903. The average molecular weight is 289 g/mol. The molecule has 0 amide bonds. The number of hydrogen-bond acceptors (Lipinski definition) is 3. The molecule has 3 rings (SSSR count). The van der Waals surface area contributed by atoms with E-state index < -0.39 is 0 Å². The zero-order chi connectivity index (χ0) is 14.9. The molecule has 2 unspecified atom stereocenters. The van der Waals surface area contributed by atoms with E-state index in [0.717, 1.165) is 44.8 Å². The standard InChI is InChI=1S/C18H27NO2/c1-13(2)19-11-18(6-7-20-12-18)10-16-9-15-8-14(3)4-5-17(15)21-16/h4-5,8,13,16,19H,6-7,9-12H2,1-3H3. The first-order valence-corrected chi connectivity index (χ1v) is 8.14. The van der Waals surface area contributed by atoms with E-state index in [-0.39, 0.29) is 5.41 Å². The smallest absolute Gasteiger partial charge is 0.123 e. The van der Waals surface area contributed by atoms with Crippen LogP contribution in [0.1, 0.15) is 37.8 Å². The SMILES string of the molecule is Cc1ccc2c(c1)CC(CC1(CNC(C)C)CCOC1)O2. The van der Waals surface area contributed by atoms with Crippen LogP contribution in [0.25, 0.3) is 0 Å². The lowest BCUT2D eigenvalue weighted by atomic mass is 9.80. The molecular formula is C18H27NO2. The maximum atomic E-state index is 6.17. The number of ether oxygens (including phenoxy) is 2. The largest absolute Gasteiger partial charge is 0.490 e. The van der Waals surface area contributed by atoms with Gasteiger partial charge in [-0.25, -0.2) is 0 Å². The third-order valence-corrected chi connectivity index (χ3v) is 4.69. The second-order valence-electron chi connectivity index (χ2n) is 7.10. The molecule has 3 nitrogen and oxygen atoms in total. The topological polar surface area (TPSA) is 30.5 Å². The van der Waals surface area contributed by atoms with Gasteiger partial charge in [-0.1, -0.05) is 31.5 Å². The summed E-state index contributed by atoms with van der Waals surface area (Å²) in [6.07, 6.45) is 3.57. The lowest BCUT2D eigenvalue weighted by Gasteiger charge is -2.31. The van der Waals surface area contributed by atoms with Crippen molar-refractivity contribution >= 4 is 0 Å². The Bertz CT molecular complexity index is 492. The molecule has 2 heterocycles. The predicted molar refractivity (Wildman–Crippen MR) is 84.9 cm³/mol. The number of nitrogens with one attached hydrogen (secondary N) is 1. The Labute approximate surface area is 128 Å². The van der Waals surface area contributed by atoms with Crippen molar-refractivity contribution in [3.63, 3.8) is 0 Å². The van der Waals surface area contributed by atoms with Crippen molar-refractivity contribution in [1.29, 1.82) is 0 Å². The molecule has 0 radical (unpaired) electrons. The van der Waals surface area contributed by atoms with Crippen LogP contribution in [0.3, 0.4) is 0 Å². The van der Waals surface area contributed by atoms with E-state index in [9.17, 15) is 0 Å². The highest BCUT2D eigenvalue weighted by Gasteiger charge is 2.39. The molecule has 2 atom stereocenters. The summed E-state index contributed by atoms with van der Waals surface area (Å²) < 4.78 is 11.9. The van der Waals surface area contributed by atoms with E-state index >= 15 is 0 Å². The molecule has 0 saturated carbocycles. The molecular weight excluding hydrogens is 262 g/mol. The molecule has 116 valence electrons. The molecule has 2 aliphatic heterocycles. The van der Waals surface area contributed by atoms with Crippen molar-refractivity contribution in [1.82, 2.24) is 5.32 Å². The van der Waals surface area contributed by atoms with Crippen LogP contribution in [0.15, 0.2) is 18.2 Å². The highest BCUT2D eigenvalue weighted by atomic mass is 16.5. The van der Waals surface area contributed by atoms with Crippen molar-refractivity contribution in [3.05, 3.63) is 29.3 Å². The Kier molecular flexibility index (Phi) is 4.23. The van der Waals surface area contributed by atoms with Crippen molar-refractivity contribution in [2.24, 2.45) is 5.41 Å². The van der Waals surface area contributed by atoms with Crippen LogP contribution in [0.4, 0.5) is 0 Å². The Hall–Kier alpha value is -1.06. The first-order chi connectivity index (χ1) is 10.1. The van der Waals surface area contributed by atoms with Crippen LogP contribution in [0.2, 0.25) is 0 Å². The molecule has 2 aliphatic rings. The van der Waals surface area contributed by atoms with Gasteiger partial charge in [0.25, 0.3) is 0 Å². The van der Waals surface area contributed by atoms with E-state index in [1.807, 2.05) is 0 Å². The van der Waals surface area contributed by atoms with Gasteiger partial charge in [-0.3, -0.25) is 0 Å². The van der Waals surface area contributed by atoms with Crippen LogP contribution >= 0.6 is 0 Å². The fraction of sp³-hybridized carbons (Fsp3) is 0.667. The van der Waals surface area contributed by atoms with E-state index in [4.69, 9.17) is 9.47 Å². The number of fused-ring (bicyclic) bond motifs is 1. The third kappa shape index (κ3) is 3.41. The fourth-order valence-electron chi connectivity index (χ4n) is 3.49. The molecule has 1 N–H and O–H groups in total. The Morgan fingerprint density at radius 3 is 2.95 bits per heavy atom. The Morgan fingerprint density at radius 2 is 2.24 bits per heavy atom. The van der Waals surface area contributed by atoms with Crippen molar-refractivity contribution in [2.75, 3.05) is 19.8 Å². The van der Waals surface area contributed by atoms with Gasteiger partial charge in [0.05, 0.1) is 6.61 Å². The zero-order valence-corrected chi connectivity index (χ0v) is 13.4. The summed E-state index contributed by atoms with van der Waals surface area (Å²) in [6.45, 7) is 9.33. The lowest BCUT2D eigenvalue weighted by molar-refractivity contribution is 0.100. The highest BCUT2D eigenvalue weighted by molar-refractivity contribution is 5.40. The first-order valence-electron chi connectivity index (χ1n) is 8.14. The number of rotatable bonds is 5. The van der Waals surface area contributed by atoms with Crippen LogP contribution in [-0.2, 0) is 11.2 Å². The maximum Gasteiger partial charge on any atom is 0.123 e. The second kappa shape index (κ2) is 5.98. The van der Waals surface area contributed by atoms with Gasteiger partial charge in [0, 0.05) is 31.0 Å². The van der Waals surface area contributed by atoms with Gasteiger partial charge in [-0.15, -0.1) is 0 Å². The molecule has 0 bridgehead atoms. The minimum absolute atomic E-state index is 0.242. The number of aryl methyl sites for hydroxylation is 1. The van der Waals surface area contributed by atoms with Crippen molar-refractivity contribution in [2.45, 2.75) is 52.2 Å². The van der Waals surface area contributed by atoms with E-state index in [2.05, 4.69) is 44.3 Å². The minimum Gasteiger partial charge on any atom is -0.490 e. The summed E-state index contributed by atoms with van der Waals surface area (Å²) in [6, 6.07) is 7.04. The lowest BCUT2D eigenvalue weighted by Crippen LogP contribution is -2.41. The van der Waals surface area contributed by atoms with E-state index in [1.54, 1.807) is 0 Å². The molecule has 1 aromatic carbocycles. The minimum atomic E-state index is 0.242. The van der Waals surface area contributed by atoms with Crippen LogP contribution in [0.5, 0.6) is 5.75 Å². The Balaban J connectivity index is 1.65. The normalized spacial score (nSPS) is 27.9. The molecule has 0 spiro atoms. The first kappa shape index (κ1) is 14.9. The fourth-order valence-corrected chi connectivity index (χ4v) is 3.49. The van der Waals surface area contributed by atoms with Crippen LogP contribution < -0.4 is 10.1 Å². The predicted octanol–water partition coefficient (Wildman–Crippen LogP) is 3.09. The summed E-state index contributed by atoms with van der Waals surface area (Å²) in [5.41, 5.74) is 2.93. The van der Waals surface area contributed by atoms with Crippen LogP contribution in [0, 0.1) is 12.3 Å². The summed E-state index contributed by atoms with van der Waals surface area (Å²) in [7, 11) is 0. The number of hydrogen-bond donors (Lipinski definition) is 1.